The van der Waals surface area contributed by atoms with Crippen LogP contribution in [0.2, 0.25) is 0 Å². The predicted octanol–water partition coefficient (Wildman–Crippen LogP) is 1.25. The van der Waals surface area contributed by atoms with Crippen LogP contribution in [0.25, 0.3) is 10.8 Å². The Hall–Kier alpha value is -2.83. The molecule has 1 unspecified atom stereocenters. The van der Waals surface area contributed by atoms with Crippen LogP contribution in [0.4, 0.5) is 0 Å². The molecule has 2 aromatic rings. The van der Waals surface area contributed by atoms with Crippen molar-refractivity contribution in [1.29, 1.82) is 0 Å². The second-order valence-electron chi connectivity index (χ2n) is 6.73. The van der Waals surface area contributed by atoms with E-state index in [-0.39, 0.29) is 11.4 Å². The van der Waals surface area contributed by atoms with Gasteiger partial charge in [0.25, 0.3) is 5.91 Å². The molecular weight excluding hydrogens is 322 g/mol. The minimum atomic E-state index is -0.555. The second-order valence-corrected chi connectivity index (χ2v) is 6.73. The zero-order valence-electron chi connectivity index (χ0n) is 14.0. The average Bonchev–Trinajstić information content (AvgIpc) is 2.96. The van der Waals surface area contributed by atoms with E-state index in [1.807, 2.05) is 0 Å². The van der Waals surface area contributed by atoms with Crippen LogP contribution in [0.15, 0.2) is 24.4 Å². The van der Waals surface area contributed by atoms with Gasteiger partial charge in [0.15, 0.2) is 0 Å². The molecule has 2 aliphatic rings. The Morgan fingerprint density at radius 2 is 2.28 bits per heavy atom. The number of carbonyl (C=O) groups excluding carboxylic acids is 2. The number of nitrogens with one attached hydrogen (secondary N) is 1. The van der Waals surface area contributed by atoms with Crippen LogP contribution in [0.3, 0.4) is 0 Å². The number of carbonyl (C=O) groups is 2. The van der Waals surface area contributed by atoms with Gasteiger partial charge in [0.1, 0.15) is 12.4 Å². The number of rotatable bonds is 5. The summed E-state index contributed by atoms with van der Waals surface area (Å²) in [6.45, 7) is 2.49. The highest BCUT2D eigenvalue weighted by atomic mass is 16.5. The molecular formula is C18H19N3O4. The molecule has 2 amide bonds. The maximum Gasteiger partial charge on any atom is 0.252 e. The topological polar surface area (TPSA) is 104 Å². The summed E-state index contributed by atoms with van der Waals surface area (Å²) in [7, 11) is 1.48. The lowest BCUT2D eigenvalue weighted by Gasteiger charge is -2.17. The third-order valence-corrected chi connectivity index (χ3v) is 5.51. The number of ether oxygens (including phenoxy) is 2. The minimum Gasteiger partial charge on any atom is -0.496 e. The number of benzene rings is 1. The Balaban J connectivity index is 1.66. The van der Waals surface area contributed by atoms with Crippen LogP contribution in [-0.2, 0) is 4.79 Å². The van der Waals surface area contributed by atoms with E-state index in [9.17, 15) is 9.59 Å². The van der Waals surface area contributed by atoms with Gasteiger partial charge in [-0.15, -0.1) is 0 Å². The van der Waals surface area contributed by atoms with E-state index in [4.69, 9.17) is 15.2 Å². The molecule has 7 nitrogen and oxygen atoms in total. The van der Waals surface area contributed by atoms with Gasteiger partial charge < -0.3 is 20.5 Å². The SMILES string of the molecule is COc1cc2c(OC[C@]34NC(=O)CC3[C@H]4C)nccc2cc1C(N)=O. The zero-order valence-corrected chi connectivity index (χ0v) is 14.0. The van der Waals surface area contributed by atoms with Crippen molar-refractivity contribution in [2.45, 2.75) is 18.9 Å². The highest BCUT2D eigenvalue weighted by molar-refractivity contribution is 6.01. The first-order valence-electron chi connectivity index (χ1n) is 8.16. The van der Waals surface area contributed by atoms with Gasteiger partial charge in [0.2, 0.25) is 11.8 Å². The predicted molar refractivity (Wildman–Crippen MR) is 90.5 cm³/mol. The van der Waals surface area contributed by atoms with E-state index < -0.39 is 5.91 Å². The van der Waals surface area contributed by atoms with Crippen LogP contribution in [0, 0.1) is 11.8 Å². The molecule has 0 bridgehead atoms. The number of aromatic nitrogens is 1. The number of pyridine rings is 1. The van der Waals surface area contributed by atoms with Crippen molar-refractivity contribution in [1.82, 2.24) is 10.3 Å². The smallest absolute Gasteiger partial charge is 0.252 e. The third-order valence-electron chi connectivity index (χ3n) is 5.51. The first-order chi connectivity index (χ1) is 12.0. The van der Waals surface area contributed by atoms with Gasteiger partial charge in [0, 0.05) is 18.0 Å². The number of hydrogen-bond acceptors (Lipinski definition) is 5. The molecule has 25 heavy (non-hydrogen) atoms. The number of amides is 2. The van der Waals surface area contributed by atoms with Gasteiger partial charge in [-0.25, -0.2) is 4.98 Å². The molecule has 2 heterocycles. The molecule has 3 atom stereocenters. The molecule has 1 aliphatic heterocycles. The van der Waals surface area contributed by atoms with Crippen molar-refractivity contribution in [3.8, 4) is 11.6 Å². The summed E-state index contributed by atoms with van der Waals surface area (Å²) in [5.74, 6) is 1.07. The summed E-state index contributed by atoms with van der Waals surface area (Å²) >= 11 is 0. The quantitative estimate of drug-likeness (QED) is 0.852. The maximum atomic E-state index is 11.6. The molecule has 1 aromatic carbocycles. The Morgan fingerprint density at radius 1 is 1.48 bits per heavy atom. The number of hydrogen-bond donors (Lipinski definition) is 2. The van der Waals surface area contributed by atoms with Gasteiger partial charge in [-0.05, 0) is 35.4 Å². The lowest BCUT2D eigenvalue weighted by atomic mass is 10.1. The molecule has 1 aromatic heterocycles. The van der Waals surface area contributed by atoms with Crippen molar-refractivity contribution < 1.29 is 19.1 Å². The maximum absolute atomic E-state index is 11.6. The van der Waals surface area contributed by atoms with Crippen molar-refractivity contribution in [3.05, 3.63) is 30.0 Å². The first kappa shape index (κ1) is 15.7. The van der Waals surface area contributed by atoms with Crippen LogP contribution in [0.5, 0.6) is 11.6 Å². The Morgan fingerprint density at radius 3 is 2.96 bits per heavy atom. The summed E-state index contributed by atoms with van der Waals surface area (Å²) in [6, 6.07) is 5.16. The fourth-order valence-electron chi connectivity index (χ4n) is 3.92. The van der Waals surface area contributed by atoms with Crippen LogP contribution < -0.4 is 20.5 Å². The van der Waals surface area contributed by atoms with Crippen LogP contribution in [0.1, 0.15) is 23.7 Å². The van der Waals surface area contributed by atoms with E-state index in [0.29, 0.717) is 42.1 Å². The van der Waals surface area contributed by atoms with Crippen molar-refractivity contribution in [3.63, 3.8) is 0 Å². The molecule has 2 fully saturated rings. The number of nitrogens with two attached hydrogens (primary N) is 1. The van der Waals surface area contributed by atoms with Gasteiger partial charge >= 0.3 is 0 Å². The fourth-order valence-corrected chi connectivity index (χ4v) is 3.92. The summed E-state index contributed by atoms with van der Waals surface area (Å²) < 4.78 is 11.2. The molecule has 0 spiro atoms. The molecule has 3 N–H and O–H groups in total. The highest BCUT2D eigenvalue weighted by Crippen LogP contribution is 2.56. The first-order valence-corrected chi connectivity index (χ1v) is 8.16. The standard InChI is InChI=1S/C18H19N3O4/c1-9-13-7-15(22)21-18(9,13)8-25-17-11-6-14(24-2)12(16(19)23)5-10(11)3-4-20-17/h3-6,9,13H,7-8H2,1-2H3,(H2,19,23)(H,21,22)/t9-,13?,18-/m1/s1. The summed E-state index contributed by atoms with van der Waals surface area (Å²) in [5.41, 5.74) is 5.44. The zero-order chi connectivity index (χ0) is 17.8. The highest BCUT2D eigenvalue weighted by Gasteiger charge is 2.67. The van der Waals surface area contributed by atoms with Crippen LogP contribution in [-0.4, -0.2) is 36.1 Å². The number of primary amides is 1. The number of methoxy groups -OCH3 is 1. The van der Waals surface area contributed by atoms with E-state index in [0.717, 1.165) is 10.8 Å². The fraction of sp³-hybridized carbons (Fsp3) is 0.389. The normalized spacial score (nSPS) is 26.9. The third kappa shape index (κ3) is 2.30. The van der Waals surface area contributed by atoms with Crippen molar-refractivity contribution in [2.75, 3.05) is 13.7 Å². The molecule has 1 saturated carbocycles. The van der Waals surface area contributed by atoms with E-state index in [2.05, 4.69) is 17.2 Å². The molecule has 130 valence electrons. The van der Waals surface area contributed by atoms with Crippen LogP contribution >= 0.6 is 0 Å². The molecule has 4 rings (SSSR count). The Labute approximate surface area is 144 Å². The number of piperidine rings is 1. The van der Waals surface area contributed by atoms with Gasteiger partial charge in [-0.3, -0.25) is 9.59 Å². The van der Waals surface area contributed by atoms with E-state index in [1.165, 1.54) is 7.11 Å². The second kappa shape index (κ2) is 5.34. The Kier molecular flexibility index (Phi) is 3.35. The van der Waals surface area contributed by atoms with Gasteiger partial charge in [-0.2, -0.15) is 0 Å². The largest absolute Gasteiger partial charge is 0.496 e. The van der Waals surface area contributed by atoms with Gasteiger partial charge in [-0.1, -0.05) is 6.92 Å². The number of fused-ring (bicyclic) bond motifs is 2. The average molecular weight is 341 g/mol. The monoisotopic (exact) mass is 341 g/mol. The summed E-state index contributed by atoms with van der Waals surface area (Å²) in [6.07, 6.45) is 2.18. The molecule has 0 radical (unpaired) electrons. The molecule has 1 aliphatic carbocycles. The number of nitrogens with zero attached hydrogens (tertiary/aromatic N) is 1. The molecule has 7 heteroatoms. The van der Waals surface area contributed by atoms with E-state index >= 15 is 0 Å². The lowest BCUT2D eigenvalue weighted by Crippen LogP contribution is -2.39. The minimum absolute atomic E-state index is 0.0744. The van der Waals surface area contributed by atoms with E-state index in [1.54, 1.807) is 24.4 Å². The summed E-state index contributed by atoms with van der Waals surface area (Å²) in [5, 5.41) is 4.56. The Bertz CT molecular complexity index is 897. The van der Waals surface area contributed by atoms with Crippen molar-refractivity contribution >= 4 is 22.6 Å². The van der Waals surface area contributed by atoms with Gasteiger partial charge in [0.05, 0.1) is 18.2 Å². The molecule has 1 saturated heterocycles. The summed E-state index contributed by atoms with van der Waals surface area (Å²) in [4.78, 5) is 27.5. The lowest BCUT2D eigenvalue weighted by molar-refractivity contribution is -0.120. The van der Waals surface area contributed by atoms with Crippen molar-refractivity contribution in [2.24, 2.45) is 17.6 Å².